The maximum Gasteiger partial charge on any atom is 0.416 e. The van der Waals surface area contributed by atoms with E-state index in [0.717, 1.165) is 54.8 Å². The van der Waals surface area contributed by atoms with Crippen LogP contribution in [0.15, 0.2) is 30.3 Å². The molecule has 3 aliphatic carbocycles. The molecule has 2 aromatic rings. The van der Waals surface area contributed by atoms with Gasteiger partial charge in [0.25, 0.3) is 5.91 Å². The molecule has 6 nitrogen and oxygen atoms in total. The predicted octanol–water partition coefficient (Wildman–Crippen LogP) is 4.07. The van der Waals surface area contributed by atoms with Crippen molar-refractivity contribution in [2.45, 2.75) is 68.4 Å². The number of hydrogen-bond acceptors (Lipinski definition) is 4. The lowest BCUT2D eigenvalue weighted by atomic mass is 9.78. The van der Waals surface area contributed by atoms with Crippen LogP contribution in [0.25, 0.3) is 0 Å². The van der Waals surface area contributed by atoms with Gasteiger partial charge in [-0.25, -0.2) is 8.78 Å². The molecule has 1 atom stereocenters. The summed E-state index contributed by atoms with van der Waals surface area (Å²) in [6, 6.07) is 5.32. The number of alkyl halides is 3. The summed E-state index contributed by atoms with van der Waals surface area (Å²) < 4.78 is 72.6. The Morgan fingerprint density at radius 3 is 2.11 bits per heavy atom. The second-order valence-electron chi connectivity index (χ2n) is 10.9. The molecule has 38 heavy (non-hydrogen) atoms. The van der Waals surface area contributed by atoms with Gasteiger partial charge >= 0.3 is 6.18 Å². The molecule has 1 unspecified atom stereocenters. The largest absolute Gasteiger partial charge is 0.416 e. The average molecular weight is 536 g/mol. The lowest BCUT2D eigenvalue weighted by Crippen LogP contribution is -2.51. The second-order valence-corrected chi connectivity index (χ2v) is 10.9. The minimum absolute atomic E-state index is 0.0661. The Morgan fingerprint density at radius 2 is 1.61 bits per heavy atom. The van der Waals surface area contributed by atoms with Crippen molar-refractivity contribution in [3.8, 4) is 0 Å². The van der Waals surface area contributed by atoms with Gasteiger partial charge in [-0.15, -0.1) is 0 Å². The Labute approximate surface area is 215 Å². The molecule has 202 valence electrons. The first-order chi connectivity index (χ1) is 17.9. The van der Waals surface area contributed by atoms with E-state index in [1.807, 2.05) is 0 Å². The molecule has 3 N–H and O–H groups in total. The molecular formula is C27H26F5N3O3. The number of benzene rings is 2. The normalized spacial score (nSPS) is 27.0. The molecule has 0 bridgehead atoms. The molecule has 2 aromatic carbocycles. The van der Waals surface area contributed by atoms with Crippen LogP contribution in [0, 0.1) is 17.6 Å². The number of nitrogens with two attached hydrogens (primary N) is 1. The molecule has 2 amide bonds. The zero-order chi connectivity index (χ0) is 27.1. The van der Waals surface area contributed by atoms with Crippen LogP contribution in [-0.4, -0.2) is 46.5 Å². The molecule has 0 aromatic heterocycles. The SMILES string of the molecule is NC(=O)c1cc2c(c(C(F)(F)F)c1)C(O)(c1c(F)cccc1F)C(=O)N2CC1CC(N(C2CC2)C2CC2)C1. The van der Waals surface area contributed by atoms with Crippen LogP contribution in [0.1, 0.15) is 65.6 Å². The van der Waals surface area contributed by atoms with Crippen molar-refractivity contribution >= 4 is 17.5 Å². The number of hydrogen-bond donors (Lipinski definition) is 2. The van der Waals surface area contributed by atoms with Gasteiger partial charge in [-0.05, 0) is 68.7 Å². The monoisotopic (exact) mass is 535 g/mol. The Kier molecular flexibility index (Phi) is 5.63. The number of halogens is 5. The van der Waals surface area contributed by atoms with Gasteiger partial charge in [0.2, 0.25) is 11.5 Å². The van der Waals surface area contributed by atoms with E-state index in [9.17, 15) is 36.6 Å². The van der Waals surface area contributed by atoms with Crippen molar-refractivity contribution in [3.63, 3.8) is 0 Å². The Hall–Kier alpha value is -3.05. The topological polar surface area (TPSA) is 86.9 Å². The summed E-state index contributed by atoms with van der Waals surface area (Å²) in [5, 5.41) is 11.6. The molecule has 1 heterocycles. The van der Waals surface area contributed by atoms with Crippen molar-refractivity contribution in [2.75, 3.05) is 11.4 Å². The Balaban J connectivity index is 1.42. The second kappa shape index (κ2) is 8.47. The maximum absolute atomic E-state index is 14.9. The van der Waals surface area contributed by atoms with E-state index in [2.05, 4.69) is 4.90 Å². The molecule has 0 spiro atoms. The number of carbonyl (C=O) groups excluding carboxylic acids is 2. The lowest BCUT2D eigenvalue weighted by molar-refractivity contribution is -0.142. The third kappa shape index (κ3) is 3.89. The van der Waals surface area contributed by atoms with Crippen molar-refractivity contribution in [2.24, 2.45) is 11.7 Å². The number of rotatable bonds is 7. The van der Waals surface area contributed by atoms with E-state index >= 15 is 0 Å². The zero-order valence-electron chi connectivity index (χ0n) is 20.3. The van der Waals surface area contributed by atoms with Gasteiger partial charge in [-0.3, -0.25) is 14.5 Å². The highest BCUT2D eigenvalue weighted by molar-refractivity contribution is 6.11. The minimum Gasteiger partial charge on any atom is -0.371 e. The quantitative estimate of drug-likeness (QED) is 0.524. The summed E-state index contributed by atoms with van der Waals surface area (Å²) >= 11 is 0. The van der Waals surface area contributed by atoms with Crippen LogP contribution in [0.2, 0.25) is 0 Å². The van der Waals surface area contributed by atoms with Gasteiger partial charge in [0, 0.05) is 35.8 Å². The van der Waals surface area contributed by atoms with E-state index in [1.165, 1.54) is 0 Å². The van der Waals surface area contributed by atoms with E-state index in [1.54, 1.807) is 0 Å². The van der Waals surface area contributed by atoms with Crippen molar-refractivity contribution in [1.29, 1.82) is 0 Å². The summed E-state index contributed by atoms with van der Waals surface area (Å²) in [6.45, 7) is -0.0661. The molecule has 11 heteroatoms. The van der Waals surface area contributed by atoms with E-state index in [-0.39, 0.29) is 12.5 Å². The fraction of sp³-hybridized carbons (Fsp3) is 0.481. The molecule has 0 saturated heterocycles. The van der Waals surface area contributed by atoms with Crippen LogP contribution in [-0.2, 0) is 16.6 Å². The average Bonchev–Trinajstić information content (AvgIpc) is 3.73. The molecular weight excluding hydrogens is 509 g/mol. The summed E-state index contributed by atoms with van der Waals surface area (Å²) in [7, 11) is 0. The third-order valence-corrected chi connectivity index (χ3v) is 8.25. The van der Waals surface area contributed by atoms with Gasteiger partial charge in [-0.1, -0.05) is 6.07 Å². The highest BCUT2D eigenvalue weighted by Crippen LogP contribution is 2.53. The fourth-order valence-corrected chi connectivity index (χ4v) is 6.25. The molecule has 4 aliphatic rings. The van der Waals surface area contributed by atoms with Gasteiger partial charge in [0.05, 0.1) is 16.8 Å². The van der Waals surface area contributed by atoms with E-state index in [4.69, 9.17) is 5.73 Å². The van der Waals surface area contributed by atoms with Crippen LogP contribution in [0.3, 0.4) is 0 Å². The molecule has 0 radical (unpaired) electrons. The summed E-state index contributed by atoms with van der Waals surface area (Å²) in [5.41, 5.74) is -2.70. The lowest BCUT2D eigenvalue weighted by Gasteiger charge is -2.45. The first-order valence-corrected chi connectivity index (χ1v) is 12.7. The van der Waals surface area contributed by atoms with Gasteiger partial charge < -0.3 is 15.7 Å². The van der Waals surface area contributed by atoms with Crippen LogP contribution < -0.4 is 10.6 Å². The predicted molar refractivity (Wildman–Crippen MR) is 126 cm³/mol. The Bertz CT molecular complexity index is 1300. The first kappa shape index (κ1) is 25.2. The highest BCUT2D eigenvalue weighted by Gasteiger charge is 2.59. The van der Waals surface area contributed by atoms with Gasteiger partial charge in [0.1, 0.15) is 11.6 Å². The minimum atomic E-state index is -5.17. The maximum atomic E-state index is 14.9. The number of anilines is 1. The van der Waals surface area contributed by atoms with Gasteiger partial charge in [-0.2, -0.15) is 13.2 Å². The number of nitrogens with zero attached hydrogens (tertiary/aromatic N) is 2. The van der Waals surface area contributed by atoms with E-state index < -0.39 is 63.2 Å². The number of primary amides is 1. The molecule has 3 fully saturated rings. The highest BCUT2D eigenvalue weighted by atomic mass is 19.4. The van der Waals surface area contributed by atoms with Crippen molar-refractivity contribution in [3.05, 3.63) is 64.2 Å². The summed E-state index contributed by atoms with van der Waals surface area (Å²) in [4.78, 5) is 29.1. The van der Waals surface area contributed by atoms with Crippen molar-refractivity contribution < 1.29 is 36.6 Å². The summed E-state index contributed by atoms with van der Waals surface area (Å²) in [6.07, 6.45) is 0.832. The number of amides is 2. The standard InChI is InChI=1S/C27H26F5N3O3/c28-19-2-1-3-20(29)23(19)26(38)22-18(27(30,31)32)10-14(24(33)36)11-21(22)34(25(26)37)12-13-8-17(9-13)35(15-4-5-15)16-6-7-16/h1-3,10-11,13,15-17,38H,4-9,12H2,(H2,33,36). The van der Waals surface area contributed by atoms with Crippen LogP contribution in [0.5, 0.6) is 0 Å². The van der Waals surface area contributed by atoms with Gasteiger partial charge in [0.15, 0.2) is 0 Å². The fourth-order valence-electron chi connectivity index (χ4n) is 6.25. The zero-order valence-corrected chi connectivity index (χ0v) is 20.3. The van der Waals surface area contributed by atoms with Crippen LogP contribution in [0.4, 0.5) is 27.6 Å². The molecule has 6 rings (SSSR count). The first-order valence-electron chi connectivity index (χ1n) is 12.7. The van der Waals surface area contributed by atoms with Crippen molar-refractivity contribution in [1.82, 2.24) is 4.90 Å². The third-order valence-electron chi connectivity index (χ3n) is 8.25. The Morgan fingerprint density at radius 1 is 1.03 bits per heavy atom. The summed E-state index contributed by atoms with van der Waals surface area (Å²) in [5.74, 6) is -5.31. The number of fused-ring (bicyclic) bond motifs is 1. The smallest absolute Gasteiger partial charge is 0.371 e. The van der Waals surface area contributed by atoms with Crippen LogP contribution >= 0.6 is 0 Å². The number of aliphatic hydroxyl groups is 1. The molecule has 1 aliphatic heterocycles. The number of carbonyl (C=O) groups is 2. The molecule has 3 saturated carbocycles. The van der Waals surface area contributed by atoms with E-state index in [0.29, 0.717) is 37.0 Å².